The molecule has 1 aromatic rings. The third kappa shape index (κ3) is 3.43. The summed E-state index contributed by atoms with van der Waals surface area (Å²) in [6.07, 6.45) is 0.832. The Morgan fingerprint density at radius 3 is 2.50 bits per heavy atom. The van der Waals surface area contributed by atoms with Gasteiger partial charge in [-0.1, -0.05) is 19.9 Å². The van der Waals surface area contributed by atoms with E-state index in [1.807, 2.05) is 23.6 Å². The molecule has 4 heteroatoms. The fourth-order valence-corrected chi connectivity index (χ4v) is 2.06. The van der Waals surface area contributed by atoms with E-state index in [1.165, 1.54) is 0 Å². The Bertz CT molecular complexity index is 436. The minimum atomic E-state index is -0.229. The number of nitrogens with two attached hydrogens (primary N) is 1. The van der Waals surface area contributed by atoms with Gasteiger partial charge in [-0.3, -0.25) is 4.79 Å². The molecule has 102 valence electrons. The highest BCUT2D eigenvalue weighted by atomic mass is 16.5. The highest BCUT2D eigenvalue weighted by Crippen LogP contribution is 2.15. The van der Waals surface area contributed by atoms with Crippen molar-refractivity contribution in [1.29, 1.82) is 0 Å². The lowest BCUT2D eigenvalue weighted by atomic mass is 10.1. The number of hydrogen-bond acceptors (Lipinski definition) is 3. The minimum Gasteiger partial charge on any atom is -0.385 e. The summed E-state index contributed by atoms with van der Waals surface area (Å²) in [6.45, 7) is 7.36. The van der Waals surface area contributed by atoms with Crippen LogP contribution in [0.25, 0.3) is 0 Å². The first-order valence-electron chi connectivity index (χ1n) is 6.47. The highest BCUT2D eigenvalue weighted by Gasteiger charge is 2.13. The van der Waals surface area contributed by atoms with Gasteiger partial charge in [-0.25, -0.2) is 0 Å². The van der Waals surface area contributed by atoms with Crippen LogP contribution >= 0.6 is 0 Å². The van der Waals surface area contributed by atoms with Gasteiger partial charge in [0.2, 0.25) is 0 Å². The molecular weight excluding hydrogens is 228 g/mol. The van der Waals surface area contributed by atoms with E-state index in [0.717, 1.165) is 12.1 Å². The molecule has 0 fully saturated rings. The van der Waals surface area contributed by atoms with Crippen LogP contribution in [-0.4, -0.2) is 18.3 Å². The van der Waals surface area contributed by atoms with Crippen molar-refractivity contribution in [3.63, 3.8) is 0 Å². The van der Waals surface area contributed by atoms with Crippen LogP contribution in [0.1, 0.15) is 50.4 Å². The van der Waals surface area contributed by atoms with Crippen LogP contribution in [0.4, 0.5) is 0 Å². The molecule has 0 aliphatic heterocycles. The average molecular weight is 252 g/mol. The first-order valence-corrected chi connectivity index (χ1v) is 6.47. The molecule has 18 heavy (non-hydrogen) atoms. The number of methoxy groups -OCH3 is 1. The van der Waals surface area contributed by atoms with E-state index < -0.39 is 0 Å². The second kappa shape index (κ2) is 6.71. The lowest BCUT2D eigenvalue weighted by Crippen LogP contribution is -2.30. The van der Waals surface area contributed by atoms with Gasteiger partial charge in [-0.05, 0) is 25.3 Å². The number of pyridine rings is 1. The predicted molar refractivity (Wildman–Crippen MR) is 73.9 cm³/mol. The lowest BCUT2D eigenvalue weighted by molar-refractivity contribution is 0.189. The first kappa shape index (κ1) is 14.9. The summed E-state index contributed by atoms with van der Waals surface area (Å²) >= 11 is 0. The Hall–Kier alpha value is -1.13. The molecule has 0 radical (unpaired) electrons. The Morgan fingerprint density at radius 1 is 1.33 bits per heavy atom. The van der Waals surface area contributed by atoms with Gasteiger partial charge in [0.25, 0.3) is 5.56 Å². The molecule has 0 saturated carbocycles. The summed E-state index contributed by atoms with van der Waals surface area (Å²) in [4.78, 5) is 12.4. The summed E-state index contributed by atoms with van der Waals surface area (Å²) in [7, 11) is 1.67. The number of aromatic nitrogens is 1. The Labute approximate surface area is 109 Å². The average Bonchev–Trinajstić information content (AvgIpc) is 2.30. The van der Waals surface area contributed by atoms with Crippen molar-refractivity contribution in [3.05, 3.63) is 33.7 Å². The van der Waals surface area contributed by atoms with Crippen molar-refractivity contribution in [1.82, 2.24) is 4.57 Å². The molecule has 2 N–H and O–H groups in total. The molecule has 0 aromatic carbocycles. The fraction of sp³-hybridized carbons (Fsp3) is 0.643. The molecule has 1 aromatic heterocycles. The second-order valence-electron chi connectivity index (χ2n) is 4.96. The van der Waals surface area contributed by atoms with E-state index >= 15 is 0 Å². The van der Waals surface area contributed by atoms with Crippen molar-refractivity contribution in [2.75, 3.05) is 13.7 Å². The lowest BCUT2D eigenvalue weighted by Gasteiger charge is -2.18. The largest absolute Gasteiger partial charge is 0.385 e. The zero-order valence-corrected chi connectivity index (χ0v) is 11.8. The fourth-order valence-electron chi connectivity index (χ4n) is 2.06. The molecule has 0 aliphatic rings. The van der Waals surface area contributed by atoms with Gasteiger partial charge < -0.3 is 15.0 Å². The van der Waals surface area contributed by atoms with Crippen LogP contribution in [0.5, 0.6) is 0 Å². The molecule has 1 unspecified atom stereocenters. The van der Waals surface area contributed by atoms with Gasteiger partial charge in [0.1, 0.15) is 0 Å². The van der Waals surface area contributed by atoms with E-state index in [-0.39, 0.29) is 11.6 Å². The van der Waals surface area contributed by atoms with Crippen molar-refractivity contribution in [2.45, 2.75) is 45.7 Å². The summed E-state index contributed by atoms with van der Waals surface area (Å²) in [5, 5.41) is 0. The summed E-state index contributed by atoms with van der Waals surface area (Å²) < 4.78 is 6.88. The standard InChI is InChI=1S/C14H24N2O2/c1-10(2)13-7-6-12(11(3)15)14(17)16(13)8-5-9-18-4/h6-7,10-11H,5,8-9,15H2,1-4H3. The zero-order valence-electron chi connectivity index (χ0n) is 11.8. The number of nitrogens with zero attached hydrogens (tertiary/aromatic N) is 1. The molecule has 0 saturated heterocycles. The number of ether oxygens (including phenoxy) is 1. The van der Waals surface area contributed by atoms with Gasteiger partial charge in [0.05, 0.1) is 0 Å². The third-order valence-corrected chi connectivity index (χ3v) is 3.05. The number of rotatable bonds is 6. The second-order valence-corrected chi connectivity index (χ2v) is 4.96. The molecule has 1 atom stereocenters. The smallest absolute Gasteiger partial charge is 0.255 e. The van der Waals surface area contributed by atoms with E-state index in [9.17, 15) is 4.79 Å². The highest BCUT2D eigenvalue weighted by molar-refractivity contribution is 5.20. The van der Waals surface area contributed by atoms with Crippen molar-refractivity contribution in [3.8, 4) is 0 Å². The van der Waals surface area contributed by atoms with Gasteiger partial charge in [0, 0.05) is 37.6 Å². The molecule has 1 heterocycles. The van der Waals surface area contributed by atoms with Gasteiger partial charge >= 0.3 is 0 Å². The molecule has 4 nitrogen and oxygen atoms in total. The van der Waals surface area contributed by atoms with Crippen LogP contribution in [0, 0.1) is 0 Å². The van der Waals surface area contributed by atoms with Crippen molar-refractivity contribution in [2.24, 2.45) is 5.73 Å². The number of hydrogen-bond donors (Lipinski definition) is 1. The maximum atomic E-state index is 12.4. The minimum absolute atomic E-state index is 0.0345. The Kier molecular flexibility index (Phi) is 5.56. The maximum Gasteiger partial charge on any atom is 0.255 e. The molecule has 0 amide bonds. The van der Waals surface area contributed by atoms with Crippen LogP contribution < -0.4 is 11.3 Å². The SMILES string of the molecule is COCCCn1c(C(C)C)ccc(C(C)N)c1=O. The zero-order chi connectivity index (χ0) is 13.7. The molecular formula is C14H24N2O2. The van der Waals surface area contributed by atoms with Crippen molar-refractivity contribution < 1.29 is 4.74 Å². The summed E-state index contributed by atoms with van der Waals surface area (Å²) in [5.74, 6) is 0.322. The van der Waals surface area contributed by atoms with E-state index in [4.69, 9.17) is 10.5 Å². The van der Waals surface area contributed by atoms with Crippen molar-refractivity contribution >= 4 is 0 Å². The molecule has 1 rings (SSSR count). The monoisotopic (exact) mass is 252 g/mol. The van der Waals surface area contributed by atoms with Crippen LogP contribution in [0.15, 0.2) is 16.9 Å². The normalized spacial score (nSPS) is 13.0. The maximum absolute atomic E-state index is 12.4. The quantitative estimate of drug-likeness (QED) is 0.788. The van der Waals surface area contributed by atoms with Gasteiger partial charge in [-0.2, -0.15) is 0 Å². The van der Waals surface area contributed by atoms with Crippen LogP contribution in [0.3, 0.4) is 0 Å². The molecule has 0 bridgehead atoms. The van der Waals surface area contributed by atoms with Gasteiger partial charge in [-0.15, -0.1) is 0 Å². The van der Waals surface area contributed by atoms with Crippen LogP contribution in [-0.2, 0) is 11.3 Å². The summed E-state index contributed by atoms with van der Waals surface area (Å²) in [5.41, 5.74) is 7.59. The van der Waals surface area contributed by atoms with E-state index in [1.54, 1.807) is 7.11 Å². The summed E-state index contributed by atoms with van der Waals surface area (Å²) in [6, 6.07) is 3.64. The third-order valence-electron chi connectivity index (χ3n) is 3.05. The van der Waals surface area contributed by atoms with E-state index in [0.29, 0.717) is 24.6 Å². The molecule has 0 aliphatic carbocycles. The molecule has 0 spiro atoms. The van der Waals surface area contributed by atoms with E-state index in [2.05, 4.69) is 13.8 Å². The van der Waals surface area contributed by atoms with Crippen LogP contribution in [0.2, 0.25) is 0 Å². The Morgan fingerprint density at radius 2 is 2.00 bits per heavy atom. The van der Waals surface area contributed by atoms with Gasteiger partial charge in [0.15, 0.2) is 0 Å². The predicted octanol–water partition coefficient (Wildman–Crippen LogP) is 2.03. The topological polar surface area (TPSA) is 57.2 Å². The Balaban J connectivity index is 3.15. The first-order chi connectivity index (χ1) is 8.49.